The Kier molecular flexibility index (Phi) is 6.43. The van der Waals surface area contributed by atoms with Crippen molar-refractivity contribution in [1.29, 1.82) is 0 Å². The second-order valence-corrected chi connectivity index (χ2v) is 11.7. The average Bonchev–Trinajstić information content (AvgIpc) is 3.48. The van der Waals surface area contributed by atoms with Gasteiger partial charge in [0, 0.05) is 29.3 Å². The number of halogens is 4. The second-order valence-electron chi connectivity index (χ2n) is 11.3. The van der Waals surface area contributed by atoms with E-state index in [-0.39, 0.29) is 57.4 Å². The number of hydrogen-bond donors (Lipinski definition) is 2. The van der Waals surface area contributed by atoms with Crippen LogP contribution in [0.2, 0.25) is 5.02 Å². The first-order valence-corrected chi connectivity index (χ1v) is 14.1. The fourth-order valence-electron chi connectivity index (χ4n) is 6.17. The number of hydrogen-bond acceptors (Lipinski definition) is 10. The zero-order valence-electron chi connectivity index (χ0n) is 23.0. The molecule has 0 amide bonds. The number of rotatable bonds is 6. The molecular weight excluding hydrogens is 587 g/mol. The lowest BCUT2D eigenvalue weighted by Gasteiger charge is -2.34. The highest BCUT2D eigenvalue weighted by Gasteiger charge is 2.52. The molecule has 1 aliphatic carbocycles. The lowest BCUT2D eigenvalue weighted by molar-refractivity contribution is -0.137. The summed E-state index contributed by atoms with van der Waals surface area (Å²) in [6.07, 6.45) is -1.06. The Bertz CT molecular complexity index is 1760. The van der Waals surface area contributed by atoms with E-state index in [1.807, 2.05) is 11.0 Å². The van der Waals surface area contributed by atoms with Crippen molar-refractivity contribution in [2.45, 2.75) is 38.6 Å². The minimum Gasteiger partial charge on any atom is -0.489 e. The molecule has 0 spiro atoms. The number of pyridine rings is 2. The summed E-state index contributed by atoms with van der Waals surface area (Å²) in [4.78, 5) is 19.6. The summed E-state index contributed by atoms with van der Waals surface area (Å²) < 4.78 is 60.9. The van der Waals surface area contributed by atoms with Gasteiger partial charge in [-0.25, -0.2) is 9.97 Å². The number of nitrogen functional groups attached to an aromatic ring is 2. The molecule has 1 saturated carbocycles. The van der Waals surface area contributed by atoms with E-state index in [0.717, 1.165) is 18.4 Å². The van der Waals surface area contributed by atoms with Gasteiger partial charge < -0.3 is 30.6 Å². The molecule has 1 aromatic carbocycles. The van der Waals surface area contributed by atoms with Crippen LogP contribution in [0.25, 0.3) is 22.2 Å². The summed E-state index contributed by atoms with van der Waals surface area (Å²) in [6.45, 7) is 3.13. The quantitative estimate of drug-likeness (QED) is 0.299. The van der Waals surface area contributed by atoms with Crippen molar-refractivity contribution in [3.8, 4) is 23.0 Å². The molecule has 43 heavy (non-hydrogen) atoms. The van der Waals surface area contributed by atoms with Gasteiger partial charge in [0.25, 0.3) is 0 Å². The minimum absolute atomic E-state index is 0.0166. The number of nitrogens with zero attached hydrogens (tertiary/aromatic N) is 5. The minimum atomic E-state index is -4.72. The third-order valence-corrected chi connectivity index (χ3v) is 8.64. The summed E-state index contributed by atoms with van der Waals surface area (Å²) in [5.41, 5.74) is 11.6. The SMILES string of the molecule is Cc1cc(N)nc(-c2cc3nc(OCC45COC(C4)C5)nc4c3c(c2Cl)OCCN4Cc2cccnc2N)c1C(F)(F)F. The highest BCUT2D eigenvalue weighted by Crippen LogP contribution is 2.51. The number of nitrogens with two attached hydrogens (primary N) is 2. The number of fused-ring (bicyclic) bond motifs is 1. The number of alkyl halides is 3. The van der Waals surface area contributed by atoms with Gasteiger partial charge in [0.1, 0.15) is 24.1 Å². The van der Waals surface area contributed by atoms with Gasteiger partial charge in [-0.1, -0.05) is 17.7 Å². The largest absolute Gasteiger partial charge is 0.489 e. The van der Waals surface area contributed by atoms with E-state index < -0.39 is 17.4 Å². The molecule has 3 aliphatic heterocycles. The summed E-state index contributed by atoms with van der Waals surface area (Å²) in [5.74, 6) is 0.888. The Morgan fingerprint density at radius 3 is 2.72 bits per heavy atom. The molecule has 0 radical (unpaired) electrons. The number of anilines is 3. The first-order valence-electron chi connectivity index (χ1n) is 13.7. The van der Waals surface area contributed by atoms with Crippen molar-refractivity contribution in [1.82, 2.24) is 19.9 Å². The lowest BCUT2D eigenvalue weighted by atomic mass is 9.71. The summed E-state index contributed by atoms with van der Waals surface area (Å²) in [6, 6.07) is 6.36. The van der Waals surface area contributed by atoms with Crippen LogP contribution in [0.3, 0.4) is 0 Å². The van der Waals surface area contributed by atoms with Crippen LogP contribution in [0.15, 0.2) is 30.5 Å². The maximum atomic E-state index is 14.3. The molecule has 4 aromatic rings. The van der Waals surface area contributed by atoms with Crippen LogP contribution < -0.4 is 25.8 Å². The molecule has 0 unspecified atom stereocenters. The number of benzene rings is 1. The van der Waals surface area contributed by atoms with E-state index in [0.29, 0.717) is 43.3 Å². The van der Waals surface area contributed by atoms with Gasteiger partial charge in [-0.05, 0) is 43.5 Å². The Morgan fingerprint density at radius 1 is 1.19 bits per heavy atom. The van der Waals surface area contributed by atoms with Crippen LogP contribution in [-0.2, 0) is 17.5 Å². The average molecular weight is 614 g/mol. The molecule has 4 N–H and O–H groups in total. The molecule has 10 nitrogen and oxygen atoms in total. The Labute approximate surface area is 249 Å². The van der Waals surface area contributed by atoms with Gasteiger partial charge in [0.05, 0.1) is 53.0 Å². The topological polar surface area (TPSA) is 135 Å². The summed E-state index contributed by atoms with van der Waals surface area (Å²) in [5, 5.41) is 0.376. The monoisotopic (exact) mass is 613 g/mol. The van der Waals surface area contributed by atoms with Crippen molar-refractivity contribution >= 4 is 40.0 Å². The van der Waals surface area contributed by atoms with E-state index in [2.05, 4.69) is 15.0 Å². The predicted octanol–water partition coefficient (Wildman–Crippen LogP) is 5.19. The van der Waals surface area contributed by atoms with Crippen LogP contribution in [0.4, 0.5) is 30.6 Å². The lowest BCUT2D eigenvalue weighted by Crippen LogP contribution is -2.38. The summed E-state index contributed by atoms with van der Waals surface area (Å²) in [7, 11) is 0. The zero-order valence-corrected chi connectivity index (χ0v) is 23.8. The maximum Gasteiger partial charge on any atom is 0.418 e. The van der Waals surface area contributed by atoms with E-state index in [1.54, 1.807) is 12.3 Å². The number of aryl methyl sites for hydroxylation is 1. The second kappa shape index (κ2) is 9.98. The van der Waals surface area contributed by atoms with E-state index in [4.69, 9.17) is 42.3 Å². The van der Waals surface area contributed by atoms with E-state index in [9.17, 15) is 13.2 Å². The molecule has 4 aliphatic rings. The van der Waals surface area contributed by atoms with Crippen LogP contribution in [-0.4, -0.2) is 52.4 Å². The molecule has 8 rings (SSSR count). The third kappa shape index (κ3) is 4.80. The van der Waals surface area contributed by atoms with Gasteiger partial charge in [0.2, 0.25) is 0 Å². The van der Waals surface area contributed by atoms with Crippen LogP contribution in [0.5, 0.6) is 11.8 Å². The zero-order chi connectivity index (χ0) is 30.1. The molecule has 3 fully saturated rings. The Balaban J connectivity index is 1.41. The summed E-state index contributed by atoms with van der Waals surface area (Å²) >= 11 is 6.85. The molecule has 2 bridgehead atoms. The van der Waals surface area contributed by atoms with Crippen molar-refractivity contribution in [3.05, 3.63) is 52.2 Å². The van der Waals surface area contributed by atoms with E-state index in [1.165, 1.54) is 19.1 Å². The van der Waals surface area contributed by atoms with Gasteiger partial charge in [0.15, 0.2) is 5.75 Å². The molecule has 6 heterocycles. The normalized spacial score (nSPS) is 21.0. The molecule has 2 saturated heterocycles. The van der Waals surface area contributed by atoms with Crippen molar-refractivity contribution < 1.29 is 27.4 Å². The molecule has 14 heteroatoms. The fraction of sp³-hybridized carbons (Fsp3) is 0.379. The molecule has 3 aromatic heterocycles. The standard InChI is InChI=1S/C29H27ClF3N7O3/c1-14-7-19(34)38-23(21(14)29(31,32)33)17-8-18-20-24(22(17)30)41-6-5-40(11-15-3-2-4-36-25(15)35)26(20)39-27(37-18)43-13-28-9-16(10-28)42-12-28/h2-4,7-8,16H,5-6,9-13H2,1H3,(H2,34,38)(H2,35,36). The molecule has 224 valence electrons. The van der Waals surface area contributed by atoms with E-state index >= 15 is 0 Å². The van der Waals surface area contributed by atoms with Gasteiger partial charge in [-0.2, -0.15) is 23.1 Å². The number of aromatic nitrogens is 4. The smallest absolute Gasteiger partial charge is 0.418 e. The first-order chi connectivity index (χ1) is 20.5. The molecular formula is C29H27ClF3N7O3. The predicted molar refractivity (Wildman–Crippen MR) is 154 cm³/mol. The van der Waals surface area contributed by atoms with Gasteiger partial charge in [-0.3, -0.25) is 0 Å². The van der Waals surface area contributed by atoms with Crippen LogP contribution in [0.1, 0.15) is 29.5 Å². The van der Waals surface area contributed by atoms with Crippen LogP contribution >= 0.6 is 11.6 Å². The third-order valence-electron chi connectivity index (χ3n) is 8.26. The highest BCUT2D eigenvalue weighted by molar-refractivity contribution is 6.36. The van der Waals surface area contributed by atoms with Gasteiger partial charge in [-0.15, -0.1) is 0 Å². The maximum absolute atomic E-state index is 14.3. The fourth-order valence-corrected chi connectivity index (χ4v) is 6.47. The van der Waals surface area contributed by atoms with Crippen molar-refractivity contribution in [3.63, 3.8) is 0 Å². The van der Waals surface area contributed by atoms with Crippen molar-refractivity contribution in [2.75, 3.05) is 42.7 Å². The Hall–Kier alpha value is -4.10. The van der Waals surface area contributed by atoms with Gasteiger partial charge >= 0.3 is 12.2 Å². The molecule has 0 atom stereocenters. The Morgan fingerprint density at radius 2 is 2.00 bits per heavy atom. The first kappa shape index (κ1) is 27.7. The number of ether oxygens (including phenoxy) is 3. The van der Waals surface area contributed by atoms with Crippen LogP contribution in [0, 0.1) is 12.3 Å². The van der Waals surface area contributed by atoms with Crippen molar-refractivity contribution in [2.24, 2.45) is 5.41 Å². The highest BCUT2D eigenvalue weighted by atomic mass is 35.5.